The molecule has 2 rings (SSSR count). The molecule has 0 unspecified atom stereocenters. The summed E-state index contributed by atoms with van der Waals surface area (Å²) >= 11 is 12.5. The van der Waals surface area contributed by atoms with Crippen LogP contribution in [0.15, 0.2) is 11.6 Å². The molecule has 0 spiro atoms. The molecule has 0 radical (unpaired) electrons. The Labute approximate surface area is 104 Å². The predicted molar refractivity (Wildman–Crippen MR) is 60.8 cm³/mol. The molecule has 16 heavy (non-hydrogen) atoms. The first kappa shape index (κ1) is 11.3. The van der Waals surface area contributed by atoms with Crippen LogP contribution >= 0.6 is 34.5 Å². The minimum absolute atomic E-state index is 0.00653. The number of aromatic nitrogens is 4. The number of hydrogen-bond donors (Lipinski definition) is 1. The predicted octanol–water partition coefficient (Wildman–Crippen LogP) is 1.68. The van der Waals surface area contributed by atoms with Gasteiger partial charge in [0.1, 0.15) is 6.54 Å². The molecule has 0 saturated heterocycles. The van der Waals surface area contributed by atoms with E-state index >= 15 is 0 Å². The van der Waals surface area contributed by atoms with Crippen LogP contribution in [0.3, 0.4) is 0 Å². The molecule has 1 N–H and O–H groups in total. The highest BCUT2D eigenvalue weighted by atomic mass is 35.5. The zero-order valence-electron chi connectivity index (χ0n) is 7.72. The SMILES string of the molecule is O=C(Cn1nc(Cl)nc1Cl)Nc1nccs1. The number of rotatable bonds is 3. The number of nitrogens with one attached hydrogen (secondary N) is 1. The summed E-state index contributed by atoms with van der Waals surface area (Å²) in [5, 5.41) is 8.68. The minimum Gasteiger partial charge on any atom is -0.300 e. The summed E-state index contributed by atoms with van der Waals surface area (Å²) in [7, 11) is 0. The topological polar surface area (TPSA) is 72.7 Å². The molecule has 6 nitrogen and oxygen atoms in total. The van der Waals surface area contributed by atoms with Crippen molar-refractivity contribution < 1.29 is 4.79 Å². The standard InChI is InChI=1S/C7H5Cl2N5OS/c8-5-12-6(9)14(13-5)3-4(15)11-7-10-1-2-16-7/h1-2H,3H2,(H,10,11,15). The second kappa shape index (κ2) is 4.77. The smallest absolute Gasteiger partial charge is 0.248 e. The third-order valence-corrected chi connectivity index (χ3v) is 2.70. The normalized spacial score (nSPS) is 10.4. The average molecular weight is 278 g/mol. The summed E-state index contributed by atoms with van der Waals surface area (Å²) in [4.78, 5) is 19.1. The van der Waals surface area contributed by atoms with Crippen molar-refractivity contribution in [3.8, 4) is 0 Å². The van der Waals surface area contributed by atoms with Crippen molar-refractivity contribution in [3.63, 3.8) is 0 Å². The van der Waals surface area contributed by atoms with Gasteiger partial charge in [-0.2, -0.15) is 4.98 Å². The Morgan fingerprint density at radius 1 is 1.56 bits per heavy atom. The van der Waals surface area contributed by atoms with E-state index in [1.54, 1.807) is 11.6 Å². The zero-order valence-corrected chi connectivity index (χ0v) is 10.1. The Bertz CT molecular complexity index is 497. The van der Waals surface area contributed by atoms with E-state index in [1.165, 1.54) is 16.0 Å². The first-order valence-corrected chi connectivity index (χ1v) is 5.74. The number of carbonyl (C=O) groups excluding carboxylic acids is 1. The number of thiazole rings is 1. The van der Waals surface area contributed by atoms with E-state index in [4.69, 9.17) is 23.2 Å². The van der Waals surface area contributed by atoms with Gasteiger partial charge in [0, 0.05) is 11.6 Å². The molecule has 2 aromatic rings. The van der Waals surface area contributed by atoms with Crippen molar-refractivity contribution in [2.75, 3.05) is 5.32 Å². The lowest BCUT2D eigenvalue weighted by molar-refractivity contribution is -0.116. The van der Waals surface area contributed by atoms with Gasteiger partial charge in [-0.25, -0.2) is 9.67 Å². The van der Waals surface area contributed by atoms with E-state index in [0.717, 1.165) is 0 Å². The summed E-state index contributed by atoms with van der Waals surface area (Å²) in [6.07, 6.45) is 1.60. The second-order valence-electron chi connectivity index (χ2n) is 2.69. The van der Waals surface area contributed by atoms with Gasteiger partial charge in [-0.1, -0.05) is 0 Å². The van der Waals surface area contributed by atoms with E-state index in [2.05, 4.69) is 20.4 Å². The average Bonchev–Trinajstić information content (AvgIpc) is 2.78. The first-order chi connectivity index (χ1) is 7.65. The molecule has 0 aliphatic rings. The quantitative estimate of drug-likeness (QED) is 0.927. The monoisotopic (exact) mass is 277 g/mol. The molecule has 2 heterocycles. The van der Waals surface area contributed by atoms with Gasteiger partial charge in [-0.15, -0.1) is 16.4 Å². The number of anilines is 1. The maximum absolute atomic E-state index is 11.5. The van der Waals surface area contributed by atoms with Crippen LogP contribution in [0.2, 0.25) is 10.6 Å². The molecule has 0 bridgehead atoms. The highest BCUT2D eigenvalue weighted by Gasteiger charge is 2.10. The molecule has 0 aromatic carbocycles. The molecule has 9 heteroatoms. The lowest BCUT2D eigenvalue weighted by Crippen LogP contribution is -2.19. The van der Waals surface area contributed by atoms with Crippen LogP contribution < -0.4 is 5.32 Å². The van der Waals surface area contributed by atoms with Crippen molar-refractivity contribution in [2.45, 2.75) is 6.54 Å². The summed E-state index contributed by atoms with van der Waals surface area (Å²) < 4.78 is 1.20. The maximum Gasteiger partial charge on any atom is 0.248 e. The zero-order chi connectivity index (χ0) is 11.5. The number of nitrogens with zero attached hydrogens (tertiary/aromatic N) is 4. The van der Waals surface area contributed by atoms with Crippen LogP contribution in [0, 0.1) is 0 Å². The Morgan fingerprint density at radius 2 is 2.38 bits per heavy atom. The molecular weight excluding hydrogens is 273 g/mol. The molecule has 2 aromatic heterocycles. The molecule has 1 amide bonds. The Balaban J connectivity index is 2.00. The Hall–Kier alpha value is -1.18. The van der Waals surface area contributed by atoms with Crippen LogP contribution in [0.1, 0.15) is 0 Å². The van der Waals surface area contributed by atoms with Crippen LogP contribution in [-0.4, -0.2) is 25.7 Å². The third kappa shape index (κ3) is 2.69. The Morgan fingerprint density at radius 3 is 2.94 bits per heavy atom. The van der Waals surface area contributed by atoms with Gasteiger partial charge in [0.15, 0.2) is 5.13 Å². The van der Waals surface area contributed by atoms with Gasteiger partial charge in [0.25, 0.3) is 0 Å². The molecule has 0 atom stereocenters. The van der Waals surface area contributed by atoms with Crippen molar-refractivity contribution in [1.82, 2.24) is 19.7 Å². The highest BCUT2D eigenvalue weighted by Crippen LogP contribution is 2.12. The largest absolute Gasteiger partial charge is 0.300 e. The number of hydrogen-bond acceptors (Lipinski definition) is 5. The highest BCUT2D eigenvalue weighted by molar-refractivity contribution is 7.13. The lowest BCUT2D eigenvalue weighted by Gasteiger charge is -2.01. The molecule has 0 fully saturated rings. The van der Waals surface area contributed by atoms with Crippen molar-refractivity contribution in [2.24, 2.45) is 0 Å². The summed E-state index contributed by atoms with van der Waals surface area (Å²) in [6.45, 7) is -0.0574. The molecular formula is C7H5Cl2N5OS. The van der Waals surface area contributed by atoms with Gasteiger partial charge >= 0.3 is 0 Å². The third-order valence-electron chi connectivity index (χ3n) is 1.57. The fraction of sp³-hybridized carbons (Fsp3) is 0.143. The van der Waals surface area contributed by atoms with Gasteiger partial charge in [-0.05, 0) is 23.2 Å². The van der Waals surface area contributed by atoms with Crippen molar-refractivity contribution in [1.29, 1.82) is 0 Å². The second-order valence-corrected chi connectivity index (χ2v) is 4.26. The van der Waals surface area contributed by atoms with Crippen LogP contribution in [0.25, 0.3) is 0 Å². The van der Waals surface area contributed by atoms with Crippen LogP contribution in [0.4, 0.5) is 5.13 Å². The van der Waals surface area contributed by atoms with Gasteiger partial charge in [0.2, 0.25) is 16.5 Å². The molecule has 0 saturated carbocycles. The van der Waals surface area contributed by atoms with Crippen LogP contribution in [0.5, 0.6) is 0 Å². The van der Waals surface area contributed by atoms with Crippen molar-refractivity contribution >= 4 is 45.6 Å². The van der Waals surface area contributed by atoms with E-state index in [-0.39, 0.29) is 23.0 Å². The molecule has 0 aliphatic carbocycles. The van der Waals surface area contributed by atoms with Gasteiger partial charge in [-0.3, -0.25) is 4.79 Å². The van der Waals surface area contributed by atoms with E-state index in [9.17, 15) is 4.79 Å². The van der Waals surface area contributed by atoms with E-state index < -0.39 is 0 Å². The van der Waals surface area contributed by atoms with E-state index in [0.29, 0.717) is 5.13 Å². The number of carbonyl (C=O) groups is 1. The maximum atomic E-state index is 11.5. The summed E-state index contributed by atoms with van der Waals surface area (Å²) in [5.74, 6) is -0.293. The lowest BCUT2D eigenvalue weighted by atomic mass is 10.6. The number of amides is 1. The van der Waals surface area contributed by atoms with E-state index in [1.807, 2.05) is 0 Å². The fourth-order valence-corrected chi connectivity index (χ4v) is 1.91. The molecule has 84 valence electrons. The minimum atomic E-state index is -0.293. The van der Waals surface area contributed by atoms with Gasteiger partial charge < -0.3 is 5.32 Å². The first-order valence-electron chi connectivity index (χ1n) is 4.10. The van der Waals surface area contributed by atoms with Crippen molar-refractivity contribution in [3.05, 3.63) is 22.1 Å². The van der Waals surface area contributed by atoms with Crippen LogP contribution in [-0.2, 0) is 11.3 Å². The molecule has 0 aliphatic heterocycles. The van der Waals surface area contributed by atoms with Gasteiger partial charge in [0.05, 0.1) is 0 Å². The fourth-order valence-electron chi connectivity index (χ4n) is 0.978. The summed E-state index contributed by atoms with van der Waals surface area (Å²) in [5.41, 5.74) is 0. The Kier molecular flexibility index (Phi) is 3.37. The summed E-state index contributed by atoms with van der Waals surface area (Å²) in [6, 6.07) is 0. The number of halogens is 2.